The van der Waals surface area contributed by atoms with E-state index in [2.05, 4.69) is 91.5 Å². The van der Waals surface area contributed by atoms with Crippen LogP contribution >= 0.6 is 0 Å². The molecule has 0 saturated carbocycles. The van der Waals surface area contributed by atoms with Crippen LogP contribution in [0.2, 0.25) is 77.6 Å². The third kappa shape index (κ3) is 8.13. The largest absolute Gasteiger partial charge is 1.00 e. The molecule has 2 aliphatic carbocycles. The first-order valence-corrected chi connectivity index (χ1v) is 29.0. The molecule has 0 aromatic heterocycles. The van der Waals surface area contributed by atoms with Crippen LogP contribution in [-0.4, -0.2) is 46.0 Å². The van der Waals surface area contributed by atoms with Gasteiger partial charge in [-0.3, -0.25) is 0 Å². The standard InChI is InChI=1S/C27H50O2Si4.2ClH.Zr/c1-27(2,23-15-13-17-25(23)32(9,10)21-19-28-30(3,4)5)24-16-14-18-26(24)33(11,12)22-20-29-31(6,7)8;;;/h15-16H,13-14,19-22H2,1-12H3;2*1H;/q;;;+2/p-2. The fourth-order valence-electron chi connectivity index (χ4n) is 5.85. The first kappa shape index (κ1) is 35.2. The molecule has 2 nitrogen and oxygen atoms in total. The zero-order valence-electron chi connectivity index (χ0n) is 25.0. The topological polar surface area (TPSA) is 18.5 Å². The van der Waals surface area contributed by atoms with Crippen molar-refractivity contribution in [3.63, 3.8) is 0 Å². The third-order valence-electron chi connectivity index (χ3n) is 7.69. The molecule has 0 radical (unpaired) electrons. The number of halogens is 2. The van der Waals surface area contributed by atoms with Crippen molar-refractivity contribution < 1.29 is 56.9 Å². The summed E-state index contributed by atoms with van der Waals surface area (Å²) >= 11 is -0.737. The van der Waals surface area contributed by atoms with E-state index in [0.29, 0.717) is 0 Å². The molecule has 3 rings (SSSR count). The summed E-state index contributed by atoms with van der Waals surface area (Å²) in [5.41, 5.74) is 3.55. The van der Waals surface area contributed by atoms with Gasteiger partial charge in [-0.1, -0.05) is 0 Å². The number of rotatable bonds is 10. The molecule has 0 N–H and O–H groups in total. The van der Waals surface area contributed by atoms with Crippen LogP contribution < -0.4 is 24.8 Å². The molecule has 0 aromatic carbocycles. The first-order chi connectivity index (χ1) is 15.4. The molecular formula is C27H50Cl2O2Si4Zr. The van der Waals surface area contributed by atoms with E-state index in [-0.39, 0.29) is 30.2 Å². The van der Waals surface area contributed by atoms with E-state index in [0.717, 1.165) is 13.2 Å². The molecule has 204 valence electrons. The molecular weight excluding hydrogens is 631 g/mol. The molecule has 36 heavy (non-hydrogen) atoms. The van der Waals surface area contributed by atoms with Crippen molar-refractivity contribution in [2.75, 3.05) is 13.2 Å². The molecule has 0 amide bonds. The molecule has 9 heteroatoms. The van der Waals surface area contributed by atoms with Crippen LogP contribution in [0.5, 0.6) is 0 Å². The monoisotopic (exact) mass is 678 g/mol. The Hall–Kier alpha value is 1.21. The normalized spacial score (nSPS) is 19.4. The van der Waals surface area contributed by atoms with Gasteiger partial charge in [0.1, 0.15) is 0 Å². The second-order valence-electron chi connectivity index (χ2n) is 14.3. The number of fused-ring (bicyclic) bond motifs is 2. The Morgan fingerprint density at radius 3 is 1.31 bits per heavy atom. The Balaban J connectivity index is 0.00000324. The van der Waals surface area contributed by atoms with Crippen LogP contribution in [0.4, 0.5) is 0 Å². The van der Waals surface area contributed by atoms with Gasteiger partial charge in [0.05, 0.1) is 0 Å². The predicted octanol–water partition coefficient (Wildman–Crippen LogP) is 2.48. The Morgan fingerprint density at radius 2 is 1.00 bits per heavy atom. The fourth-order valence-corrected chi connectivity index (χ4v) is 22.4. The van der Waals surface area contributed by atoms with E-state index in [9.17, 15) is 0 Å². The van der Waals surface area contributed by atoms with E-state index in [1.165, 1.54) is 24.9 Å². The molecule has 4 bridgehead atoms. The predicted molar refractivity (Wildman–Crippen MR) is 156 cm³/mol. The van der Waals surface area contributed by atoms with Crippen molar-refractivity contribution >= 4 is 32.8 Å². The maximum Gasteiger partial charge on any atom is -1.00 e. The summed E-state index contributed by atoms with van der Waals surface area (Å²) in [6.45, 7) is 31.4. The van der Waals surface area contributed by atoms with Gasteiger partial charge in [-0.2, -0.15) is 0 Å². The molecule has 0 fully saturated rings. The summed E-state index contributed by atoms with van der Waals surface area (Å²) in [4.78, 5) is 0. The zero-order chi connectivity index (χ0) is 25.7. The summed E-state index contributed by atoms with van der Waals surface area (Å²) < 4.78 is 16.5. The number of hydrogen-bond acceptors (Lipinski definition) is 2. The average molecular weight is 681 g/mol. The molecule has 1 heterocycles. The van der Waals surface area contributed by atoms with E-state index >= 15 is 0 Å². The Morgan fingerprint density at radius 1 is 0.667 bits per heavy atom. The third-order valence-corrected chi connectivity index (χ3v) is 21.5. The van der Waals surface area contributed by atoms with Crippen LogP contribution in [0.1, 0.15) is 26.7 Å². The van der Waals surface area contributed by atoms with Gasteiger partial charge in [0.2, 0.25) is 0 Å². The smallest absolute Gasteiger partial charge is 1.00 e. The zero-order valence-corrected chi connectivity index (χ0v) is 32.9. The van der Waals surface area contributed by atoms with Crippen molar-refractivity contribution in [2.24, 2.45) is 5.41 Å². The first-order valence-electron chi connectivity index (χ1n) is 13.3. The van der Waals surface area contributed by atoms with E-state index in [1.807, 2.05) is 17.0 Å². The molecule has 3 aliphatic rings. The maximum atomic E-state index is 6.35. The van der Waals surface area contributed by atoms with Gasteiger partial charge in [-0.05, 0) is 0 Å². The maximum absolute atomic E-state index is 6.35. The Labute approximate surface area is 250 Å². The summed E-state index contributed by atoms with van der Waals surface area (Å²) in [6, 6.07) is 2.53. The quantitative estimate of drug-likeness (QED) is 0.331. The fraction of sp³-hybridized carbons (Fsp3) is 0.704. The minimum absolute atomic E-state index is 0. The molecule has 0 unspecified atom stereocenters. The van der Waals surface area contributed by atoms with Gasteiger partial charge in [-0.15, -0.1) is 0 Å². The Kier molecular flexibility index (Phi) is 12.1. The molecule has 1 aliphatic heterocycles. The van der Waals surface area contributed by atoms with Gasteiger partial charge >= 0.3 is 228 Å². The summed E-state index contributed by atoms with van der Waals surface area (Å²) in [5.74, 6) is 0. The second kappa shape index (κ2) is 12.4. The SMILES string of the molecule is CC1(C)C2=CC[C](=C2[Si](C)(C)CCO[Si](C)(C)C)[Zr+2][C]2=C([Si](C)(C)CCO[Si](C)(C)C)C1=CC2.[Cl-].[Cl-]. The van der Waals surface area contributed by atoms with Crippen molar-refractivity contribution in [2.45, 2.75) is 104 Å². The van der Waals surface area contributed by atoms with Gasteiger partial charge < -0.3 is 24.8 Å². The second-order valence-corrected chi connectivity index (χ2v) is 36.4. The van der Waals surface area contributed by atoms with Crippen molar-refractivity contribution in [1.82, 2.24) is 0 Å². The average Bonchev–Trinajstić information content (AvgIpc) is 3.25. The van der Waals surface area contributed by atoms with Gasteiger partial charge in [0.25, 0.3) is 0 Å². The van der Waals surface area contributed by atoms with E-state index in [4.69, 9.17) is 8.85 Å². The van der Waals surface area contributed by atoms with E-state index < -0.39 is 56.0 Å². The van der Waals surface area contributed by atoms with Gasteiger partial charge in [0, 0.05) is 0 Å². The van der Waals surface area contributed by atoms with Gasteiger partial charge in [-0.25, -0.2) is 0 Å². The molecule has 0 saturated heterocycles. The van der Waals surface area contributed by atoms with Crippen molar-refractivity contribution in [3.05, 3.63) is 40.3 Å². The van der Waals surface area contributed by atoms with Crippen LogP contribution in [0.3, 0.4) is 0 Å². The summed E-state index contributed by atoms with van der Waals surface area (Å²) in [7, 11) is -6.01. The van der Waals surface area contributed by atoms with Crippen LogP contribution in [0.15, 0.2) is 40.3 Å². The van der Waals surface area contributed by atoms with Crippen LogP contribution in [0.25, 0.3) is 0 Å². The number of hydrogen-bond donors (Lipinski definition) is 0. The van der Waals surface area contributed by atoms with Crippen LogP contribution in [0, 0.1) is 5.41 Å². The summed E-state index contributed by atoms with van der Waals surface area (Å²) in [5, 5.41) is 3.74. The Bertz CT molecular complexity index is 878. The minimum Gasteiger partial charge on any atom is -1.00 e. The minimum atomic E-state index is -1.55. The van der Waals surface area contributed by atoms with Crippen molar-refractivity contribution in [1.29, 1.82) is 0 Å². The molecule has 0 spiro atoms. The number of allylic oxidation sites excluding steroid dienone is 8. The van der Waals surface area contributed by atoms with Gasteiger partial charge in [0.15, 0.2) is 0 Å². The molecule has 0 atom stereocenters. The van der Waals surface area contributed by atoms with E-state index in [1.54, 1.807) is 11.1 Å². The van der Waals surface area contributed by atoms with Crippen LogP contribution in [-0.2, 0) is 32.1 Å². The molecule has 0 aromatic rings. The summed E-state index contributed by atoms with van der Waals surface area (Å²) in [6.07, 6.45) is 7.80. The van der Waals surface area contributed by atoms with Crippen molar-refractivity contribution in [3.8, 4) is 0 Å².